The van der Waals surface area contributed by atoms with Gasteiger partial charge in [0.2, 0.25) is 0 Å². The van der Waals surface area contributed by atoms with Gasteiger partial charge in [-0.3, -0.25) is 4.98 Å². The van der Waals surface area contributed by atoms with Crippen LogP contribution in [0.2, 0.25) is 0 Å². The van der Waals surface area contributed by atoms with E-state index in [2.05, 4.69) is 20.6 Å². The summed E-state index contributed by atoms with van der Waals surface area (Å²) in [6, 6.07) is 6.60. The average Bonchev–Trinajstić information content (AvgIpc) is 2.97. The summed E-state index contributed by atoms with van der Waals surface area (Å²) in [4.78, 5) is 7.99. The summed E-state index contributed by atoms with van der Waals surface area (Å²) >= 11 is 5.26. The number of nitrogens with one attached hydrogen (secondary N) is 2. The first-order valence-corrected chi connectivity index (χ1v) is 7.85. The normalized spacial score (nSPS) is 11.4. The van der Waals surface area contributed by atoms with Gasteiger partial charge in [-0.1, -0.05) is 6.07 Å². The average molecular weight is 381 g/mol. The Balaban J connectivity index is 1.86. The summed E-state index contributed by atoms with van der Waals surface area (Å²) in [5.41, 5.74) is 1.68. The van der Waals surface area contributed by atoms with E-state index in [1.165, 1.54) is 13.3 Å². The second-order valence-corrected chi connectivity index (χ2v) is 5.72. The number of hydrogen-bond donors (Lipinski definition) is 2. The third-order valence-corrected chi connectivity index (χ3v) is 3.69. The Morgan fingerprint density at radius 3 is 2.73 bits per heavy atom. The Hall–Kier alpha value is -2.88. The molecule has 2 heterocycles. The molecule has 0 amide bonds. The number of nitrogens with zero attached hydrogens (tertiary/aromatic N) is 3. The lowest BCUT2D eigenvalue weighted by atomic mass is 10.2. The Morgan fingerprint density at radius 1 is 1.23 bits per heavy atom. The third-order valence-electron chi connectivity index (χ3n) is 3.49. The number of alkyl halides is 3. The highest BCUT2D eigenvalue weighted by Gasteiger charge is 2.29. The number of fused-ring (bicyclic) bond motifs is 1. The number of halogens is 3. The molecule has 26 heavy (non-hydrogen) atoms. The summed E-state index contributed by atoms with van der Waals surface area (Å²) in [5.74, 6) is 0.532. The van der Waals surface area contributed by atoms with Crippen LogP contribution in [0.15, 0.2) is 43.0 Å². The van der Waals surface area contributed by atoms with Gasteiger partial charge in [0.25, 0.3) is 0 Å². The summed E-state index contributed by atoms with van der Waals surface area (Å²) in [5, 5.41) is 6.01. The maximum absolute atomic E-state index is 12.8. The molecule has 0 fully saturated rings. The van der Waals surface area contributed by atoms with Crippen molar-refractivity contribution in [3.05, 3.63) is 43.0 Å². The number of hydrogen-bond acceptors (Lipinski definition) is 4. The summed E-state index contributed by atoms with van der Waals surface area (Å²) in [7, 11) is 1.51. The molecule has 0 saturated heterocycles. The van der Waals surface area contributed by atoms with Gasteiger partial charge in [-0.2, -0.15) is 13.2 Å². The van der Waals surface area contributed by atoms with E-state index in [9.17, 15) is 13.2 Å². The topological polar surface area (TPSA) is 64.0 Å². The second kappa shape index (κ2) is 7.16. The number of pyridine rings is 1. The zero-order chi connectivity index (χ0) is 18.7. The Kier molecular flexibility index (Phi) is 4.94. The standard InChI is InChI=1S/C16H14F3N5OS/c1-25-13-5-6-20-7-12(13)23-15(26)22-11-4-2-3-10-14(11)24(9-21-10)8-16(17,18)19/h2-7,9H,8H2,1H3,(H2,22,23,26). The van der Waals surface area contributed by atoms with Crippen LogP contribution in [0.5, 0.6) is 5.75 Å². The van der Waals surface area contributed by atoms with Crippen molar-refractivity contribution in [3.63, 3.8) is 0 Å². The molecule has 0 saturated carbocycles. The molecule has 10 heteroatoms. The van der Waals surface area contributed by atoms with E-state index in [1.807, 2.05) is 0 Å². The SMILES string of the molecule is COc1ccncc1NC(=S)Nc1cccc2ncn(CC(F)(F)F)c12. The van der Waals surface area contributed by atoms with Crippen LogP contribution in [0.25, 0.3) is 11.0 Å². The van der Waals surface area contributed by atoms with Gasteiger partial charge in [0.05, 0.1) is 36.4 Å². The van der Waals surface area contributed by atoms with Gasteiger partial charge in [-0.25, -0.2) is 4.98 Å². The smallest absolute Gasteiger partial charge is 0.406 e. The quantitative estimate of drug-likeness (QED) is 0.670. The van der Waals surface area contributed by atoms with E-state index in [4.69, 9.17) is 17.0 Å². The molecule has 0 aliphatic rings. The van der Waals surface area contributed by atoms with Crippen molar-refractivity contribution in [2.75, 3.05) is 17.7 Å². The first-order chi connectivity index (χ1) is 12.4. The molecule has 0 aliphatic heterocycles. The number of rotatable bonds is 4. The summed E-state index contributed by atoms with van der Waals surface area (Å²) in [6.45, 7) is -1.14. The van der Waals surface area contributed by atoms with Gasteiger partial charge in [-0.15, -0.1) is 0 Å². The van der Waals surface area contributed by atoms with Crippen LogP contribution < -0.4 is 15.4 Å². The Bertz CT molecular complexity index is 941. The van der Waals surface area contributed by atoms with Crippen molar-refractivity contribution < 1.29 is 17.9 Å². The van der Waals surface area contributed by atoms with Crippen LogP contribution in [0.1, 0.15) is 0 Å². The van der Waals surface area contributed by atoms with Crippen molar-refractivity contribution in [2.45, 2.75) is 12.7 Å². The van der Waals surface area contributed by atoms with Crippen molar-refractivity contribution >= 4 is 39.7 Å². The molecule has 0 unspecified atom stereocenters. The Labute approximate surface area is 152 Å². The fourth-order valence-electron chi connectivity index (χ4n) is 2.47. The highest BCUT2D eigenvalue weighted by Crippen LogP contribution is 2.27. The van der Waals surface area contributed by atoms with Gasteiger partial charge in [0.15, 0.2) is 5.11 Å². The van der Waals surface area contributed by atoms with Crippen molar-refractivity contribution in [2.24, 2.45) is 0 Å². The van der Waals surface area contributed by atoms with Crippen LogP contribution in [0.4, 0.5) is 24.5 Å². The molecule has 0 bridgehead atoms. The molecule has 2 N–H and O–H groups in total. The molecule has 2 aromatic heterocycles. The number of thiocarbonyl (C=S) groups is 1. The highest BCUT2D eigenvalue weighted by atomic mass is 32.1. The summed E-state index contributed by atoms with van der Waals surface area (Å²) < 4.78 is 44.6. The lowest BCUT2D eigenvalue weighted by Crippen LogP contribution is -2.21. The maximum Gasteiger partial charge on any atom is 0.406 e. The minimum Gasteiger partial charge on any atom is -0.494 e. The molecule has 3 rings (SSSR count). The Morgan fingerprint density at radius 2 is 2.00 bits per heavy atom. The van der Waals surface area contributed by atoms with E-state index < -0.39 is 12.7 Å². The monoisotopic (exact) mass is 381 g/mol. The predicted octanol–water partition coefficient (Wildman–Crippen LogP) is 3.81. The van der Waals surface area contributed by atoms with Gasteiger partial charge in [-0.05, 0) is 24.4 Å². The van der Waals surface area contributed by atoms with E-state index >= 15 is 0 Å². The zero-order valence-corrected chi connectivity index (χ0v) is 14.4. The van der Waals surface area contributed by atoms with Gasteiger partial charge >= 0.3 is 6.18 Å². The van der Waals surface area contributed by atoms with Gasteiger partial charge in [0, 0.05) is 12.3 Å². The lowest BCUT2D eigenvalue weighted by molar-refractivity contribution is -0.139. The molecule has 0 atom stereocenters. The van der Waals surface area contributed by atoms with Crippen molar-refractivity contribution in [1.82, 2.24) is 14.5 Å². The van der Waals surface area contributed by atoms with E-state index in [0.29, 0.717) is 28.2 Å². The first kappa shape index (κ1) is 17.9. The maximum atomic E-state index is 12.8. The van der Waals surface area contributed by atoms with E-state index in [0.717, 1.165) is 10.9 Å². The highest BCUT2D eigenvalue weighted by molar-refractivity contribution is 7.80. The van der Waals surface area contributed by atoms with Crippen molar-refractivity contribution in [1.29, 1.82) is 0 Å². The molecule has 0 radical (unpaired) electrons. The number of para-hydroxylation sites is 1. The minimum atomic E-state index is -4.36. The van der Waals surface area contributed by atoms with Crippen LogP contribution >= 0.6 is 12.2 Å². The zero-order valence-electron chi connectivity index (χ0n) is 13.5. The van der Waals surface area contributed by atoms with Crippen LogP contribution in [0, 0.1) is 0 Å². The predicted molar refractivity (Wildman–Crippen MR) is 96.4 cm³/mol. The summed E-state index contributed by atoms with van der Waals surface area (Å²) in [6.07, 6.45) is -0.106. The number of ether oxygens (including phenoxy) is 1. The van der Waals surface area contributed by atoms with E-state index in [1.54, 1.807) is 30.5 Å². The largest absolute Gasteiger partial charge is 0.494 e. The molecule has 136 valence electrons. The van der Waals surface area contributed by atoms with Crippen LogP contribution in [-0.4, -0.2) is 32.9 Å². The fraction of sp³-hybridized carbons (Fsp3) is 0.188. The number of benzene rings is 1. The van der Waals surface area contributed by atoms with Crippen LogP contribution in [0.3, 0.4) is 0 Å². The minimum absolute atomic E-state index is 0.184. The molecule has 0 aliphatic carbocycles. The molecule has 0 spiro atoms. The third kappa shape index (κ3) is 4.02. The molecule has 6 nitrogen and oxygen atoms in total. The number of anilines is 2. The molecule has 1 aromatic carbocycles. The van der Waals surface area contributed by atoms with E-state index in [-0.39, 0.29) is 5.11 Å². The molecular formula is C16H14F3N5OS. The van der Waals surface area contributed by atoms with Gasteiger partial charge in [0.1, 0.15) is 18.0 Å². The lowest BCUT2D eigenvalue weighted by Gasteiger charge is -2.15. The number of imidazole rings is 1. The number of aromatic nitrogens is 3. The first-order valence-electron chi connectivity index (χ1n) is 7.44. The number of methoxy groups -OCH3 is 1. The second-order valence-electron chi connectivity index (χ2n) is 5.32. The molecular weight excluding hydrogens is 367 g/mol. The van der Waals surface area contributed by atoms with Gasteiger partial charge < -0.3 is 19.9 Å². The van der Waals surface area contributed by atoms with Crippen molar-refractivity contribution in [3.8, 4) is 5.75 Å². The fourth-order valence-corrected chi connectivity index (χ4v) is 2.69. The molecule has 3 aromatic rings. The van der Waals surface area contributed by atoms with Crippen LogP contribution in [-0.2, 0) is 6.54 Å².